The van der Waals surface area contributed by atoms with Crippen LogP contribution < -0.4 is 0 Å². The smallest absolute Gasteiger partial charge is 0.341 e. The van der Waals surface area contributed by atoms with Crippen molar-refractivity contribution in [3.63, 3.8) is 0 Å². The van der Waals surface area contributed by atoms with Crippen LogP contribution in [0.1, 0.15) is 46.0 Å². The first-order valence-corrected chi connectivity index (χ1v) is 5.36. The van der Waals surface area contributed by atoms with Crippen molar-refractivity contribution in [3.05, 3.63) is 16.9 Å². The Labute approximate surface area is 85.6 Å². The molecular weight excluding hydrogens is 176 g/mol. The predicted octanol–water partition coefficient (Wildman–Crippen LogP) is 2.99. The Morgan fingerprint density at radius 3 is 2.57 bits per heavy atom. The van der Waals surface area contributed by atoms with Crippen LogP contribution in [0.15, 0.2) is 16.9 Å². The van der Waals surface area contributed by atoms with Gasteiger partial charge in [-0.05, 0) is 45.1 Å². The van der Waals surface area contributed by atoms with Gasteiger partial charge in [-0.15, -0.1) is 5.73 Å². The van der Waals surface area contributed by atoms with Gasteiger partial charge in [0.2, 0.25) is 0 Å². The molecule has 0 N–H and O–H groups in total. The standard InChI is InChI=1S/C12H18O2/c1-3-14-12(13)10(2)9-11-7-5-4-6-8-11/h3-8H2,1-2H3. The first-order valence-electron chi connectivity index (χ1n) is 5.36. The summed E-state index contributed by atoms with van der Waals surface area (Å²) in [7, 11) is 0. The van der Waals surface area contributed by atoms with Gasteiger partial charge in [0.15, 0.2) is 0 Å². The van der Waals surface area contributed by atoms with E-state index in [-0.39, 0.29) is 5.97 Å². The maximum Gasteiger partial charge on any atom is 0.341 e. The molecule has 0 heterocycles. The average molecular weight is 194 g/mol. The number of hydrogen-bond acceptors (Lipinski definition) is 2. The Balaban J connectivity index is 2.67. The van der Waals surface area contributed by atoms with E-state index in [1.807, 2.05) is 6.92 Å². The summed E-state index contributed by atoms with van der Waals surface area (Å²) in [6.45, 7) is 4.03. The van der Waals surface area contributed by atoms with E-state index in [1.54, 1.807) is 6.92 Å². The zero-order chi connectivity index (χ0) is 10.4. The van der Waals surface area contributed by atoms with E-state index in [0.717, 1.165) is 12.8 Å². The fraction of sp³-hybridized carbons (Fsp3) is 0.667. The van der Waals surface area contributed by atoms with Crippen LogP contribution in [0.5, 0.6) is 0 Å². The lowest BCUT2D eigenvalue weighted by Crippen LogP contribution is -2.04. The van der Waals surface area contributed by atoms with Gasteiger partial charge >= 0.3 is 5.97 Å². The van der Waals surface area contributed by atoms with Crippen LogP contribution in [0.2, 0.25) is 0 Å². The van der Waals surface area contributed by atoms with E-state index in [1.165, 1.54) is 24.8 Å². The highest BCUT2D eigenvalue weighted by Crippen LogP contribution is 2.22. The van der Waals surface area contributed by atoms with Gasteiger partial charge in [-0.2, -0.15) is 0 Å². The minimum Gasteiger partial charge on any atom is -0.462 e. The molecule has 0 amide bonds. The van der Waals surface area contributed by atoms with E-state index in [9.17, 15) is 4.79 Å². The average Bonchev–Trinajstić information content (AvgIpc) is 2.19. The molecule has 2 nitrogen and oxygen atoms in total. The molecule has 78 valence electrons. The summed E-state index contributed by atoms with van der Waals surface area (Å²) in [6, 6.07) is 0. The summed E-state index contributed by atoms with van der Waals surface area (Å²) in [5, 5.41) is 0. The Kier molecular flexibility index (Phi) is 4.48. The molecule has 0 spiro atoms. The number of carbonyl (C=O) groups excluding carboxylic acids is 1. The molecule has 0 atom stereocenters. The van der Waals surface area contributed by atoms with Crippen molar-refractivity contribution in [1.29, 1.82) is 0 Å². The molecular formula is C12H18O2. The molecule has 0 aromatic rings. The van der Waals surface area contributed by atoms with Crippen molar-refractivity contribution in [3.8, 4) is 0 Å². The van der Waals surface area contributed by atoms with Crippen molar-refractivity contribution >= 4 is 5.97 Å². The molecule has 1 aliphatic rings. The fourth-order valence-electron chi connectivity index (χ4n) is 1.66. The van der Waals surface area contributed by atoms with Crippen LogP contribution >= 0.6 is 0 Å². The van der Waals surface area contributed by atoms with Crippen molar-refractivity contribution in [2.75, 3.05) is 6.61 Å². The van der Waals surface area contributed by atoms with E-state index in [0.29, 0.717) is 12.2 Å². The van der Waals surface area contributed by atoms with Crippen LogP contribution in [0.25, 0.3) is 0 Å². The Morgan fingerprint density at radius 2 is 2.00 bits per heavy atom. The number of hydrogen-bond donors (Lipinski definition) is 0. The maximum atomic E-state index is 11.3. The van der Waals surface area contributed by atoms with Crippen LogP contribution in [0, 0.1) is 0 Å². The van der Waals surface area contributed by atoms with Gasteiger partial charge in [0.05, 0.1) is 12.2 Å². The Morgan fingerprint density at radius 1 is 1.36 bits per heavy atom. The summed E-state index contributed by atoms with van der Waals surface area (Å²) in [6.07, 6.45) is 5.97. The molecule has 1 aliphatic carbocycles. The molecule has 2 heteroatoms. The molecule has 1 saturated carbocycles. The van der Waals surface area contributed by atoms with Crippen molar-refractivity contribution in [2.45, 2.75) is 46.0 Å². The molecule has 0 unspecified atom stereocenters. The van der Waals surface area contributed by atoms with Crippen molar-refractivity contribution in [2.24, 2.45) is 0 Å². The summed E-state index contributed by atoms with van der Waals surface area (Å²) >= 11 is 0. The molecule has 0 radical (unpaired) electrons. The van der Waals surface area contributed by atoms with Gasteiger partial charge in [-0.3, -0.25) is 0 Å². The molecule has 1 fully saturated rings. The second kappa shape index (κ2) is 5.66. The van der Waals surface area contributed by atoms with Crippen LogP contribution in [0.3, 0.4) is 0 Å². The van der Waals surface area contributed by atoms with E-state index >= 15 is 0 Å². The van der Waals surface area contributed by atoms with Gasteiger partial charge in [0.1, 0.15) is 0 Å². The first-order chi connectivity index (χ1) is 6.74. The predicted molar refractivity (Wildman–Crippen MR) is 55.9 cm³/mol. The van der Waals surface area contributed by atoms with Crippen LogP contribution in [-0.2, 0) is 9.53 Å². The van der Waals surface area contributed by atoms with Crippen LogP contribution in [-0.4, -0.2) is 12.6 Å². The minimum absolute atomic E-state index is 0.231. The molecule has 1 rings (SSSR count). The number of esters is 1. The van der Waals surface area contributed by atoms with E-state index in [2.05, 4.69) is 5.73 Å². The maximum absolute atomic E-state index is 11.3. The van der Waals surface area contributed by atoms with Gasteiger partial charge < -0.3 is 4.74 Å². The van der Waals surface area contributed by atoms with E-state index in [4.69, 9.17) is 4.74 Å². The van der Waals surface area contributed by atoms with Gasteiger partial charge in [0.25, 0.3) is 0 Å². The highest BCUT2D eigenvalue weighted by Gasteiger charge is 2.07. The molecule has 0 saturated heterocycles. The van der Waals surface area contributed by atoms with Gasteiger partial charge in [-0.1, -0.05) is 6.42 Å². The summed E-state index contributed by atoms with van der Waals surface area (Å²) < 4.78 is 4.89. The Hall–Kier alpha value is -1.01. The highest BCUT2D eigenvalue weighted by molar-refractivity contribution is 5.87. The molecule has 0 aromatic heterocycles. The monoisotopic (exact) mass is 194 g/mol. The third kappa shape index (κ3) is 3.39. The second-order valence-electron chi connectivity index (χ2n) is 3.63. The highest BCUT2D eigenvalue weighted by atomic mass is 16.5. The fourth-order valence-corrected chi connectivity index (χ4v) is 1.66. The number of carbonyl (C=O) groups is 1. The molecule has 0 aliphatic heterocycles. The second-order valence-corrected chi connectivity index (χ2v) is 3.63. The summed E-state index contributed by atoms with van der Waals surface area (Å²) in [5.41, 5.74) is 5.06. The minimum atomic E-state index is -0.231. The van der Waals surface area contributed by atoms with Crippen molar-refractivity contribution in [1.82, 2.24) is 0 Å². The van der Waals surface area contributed by atoms with Crippen molar-refractivity contribution < 1.29 is 9.53 Å². The SMILES string of the molecule is CCOC(=O)C(C)=C=C1CCCCC1. The van der Waals surface area contributed by atoms with Gasteiger partial charge in [-0.25, -0.2) is 4.79 Å². The zero-order valence-corrected chi connectivity index (χ0v) is 9.06. The quantitative estimate of drug-likeness (QED) is 0.384. The third-order valence-electron chi connectivity index (χ3n) is 2.40. The number of ether oxygens (including phenoxy) is 1. The molecule has 0 bridgehead atoms. The third-order valence-corrected chi connectivity index (χ3v) is 2.40. The first kappa shape index (κ1) is 11.1. The van der Waals surface area contributed by atoms with Crippen LogP contribution in [0.4, 0.5) is 0 Å². The topological polar surface area (TPSA) is 26.3 Å². The number of rotatable bonds is 2. The normalized spacial score (nSPS) is 16.0. The lowest BCUT2D eigenvalue weighted by Gasteiger charge is -2.10. The van der Waals surface area contributed by atoms with Gasteiger partial charge in [0, 0.05) is 0 Å². The molecule has 0 aromatic carbocycles. The molecule has 14 heavy (non-hydrogen) atoms. The summed E-state index contributed by atoms with van der Waals surface area (Å²) in [4.78, 5) is 11.3. The largest absolute Gasteiger partial charge is 0.462 e. The summed E-state index contributed by atoms with van der Waals surface area (Å²) in [5.74, 6) is -0.231. The van der Waals surface area contributed by atoms with E-state index < -0.39 is 0 Å². The zero-order valence-electron chi connectivity index (χ0n) is 9.06. The Bertz CT molecular complexity index is 262. The lowest BCUT2D eigenvalue weighted by atomic mass is 9.95. The lowest BCUT2D eigenvalue weighted by molar-refractivity contribution is -0.138.